The van der Waals surface area contributed by atoms with E-state index in [9.17, 15) is 4.79 Å². The summed E-state index contributed by atoms with van der Waals surface area (Å²) in [7, 11) is 3.33. The highest BCUT2D eigenvalue weighted by molar-refractivity contribution is 5.74. The van der Waals surface area contributed by atoms with Crippen LogP contribution in [0.3, 0.4) is 0 Å². The van der Waals surface area contributed by atoms with E-state index in [-0.39, 0.29) is 24.0 Å². The Morgan fingerprint density at radius 2 is 1.89 bits per heavy atom. The highest BCUT2D eigenvalue weighted by Crippen LogP contribution is 2.40. The number of hydrogen-bond acceptors (Lipinski definition) is 4. The first-order chi connectivity index (χ1) is 13.0. The molecule has 0 fully saturated rings. The number of nitrogens with one attached hydrogen (secondary N) is 2. The molecule has 1 aliphatic heterocycles. The molecule has 1 aliphatic rings. The molecule has 6 nitrogen and oxygen atoms in total. The molecule has 2 unspecified atom stereocenters. The van der Waals surface area contributed by atoms with Crippen LogP contribution in [0.1, 0.15) is 51.3 Å². The second-order valence-electron chi connectivity index (χ2n) is 7.40. The average Bonchev–Trinajstić information content (AvgIpc) is 2.68. The quantitative estimate of drug-likeness (QED) is 0.729. The summed E-state index contributed by atoms with van der Waals surface area (Å²) < 4.78 is 11.0. The van der Waals surface area contributed by atoms with Gasteiger partial charge in [0.1, 0.15) is 0 Å². The maximum atomic E-state index is 12.4. The third-order valence-corrected chi connectivity index (χ3v) is 5.32. The van der Waals surface area contributed by atoms with Crippen molar-refractivity contribution in [2.45, 2.75) is 52.6 Å². The third-order valence-electron chi connectivity index (χ3n) is 5.32. The number of hydrogen-bond donors (Lipinski definition) is 2. The van der Waals surface area contributed by atoms with Gasteiger partial charge in [-0.05, 0) is 48.6 Å². The van der Waals surface area contributed by atoms with Crippen LogP contribution in [0, 0.1) is 5.92 Å². The number of nitrogens with zero attached hydrogens (tertiary/aromatic N) is 1. The molecule has 0 radical (unpaired) electrons. The number of carbonyl (C=O) groups is 1. The molecule has 6 heteroatoms. The minimum atomic E-state index is -0.0980. The molecule has 1 heterocycles. The van der Waals surface area contributed by atoms with Gasteiger partial charge in [0, 0.05) is 13.1 Å². The predicted molar refractivity (Wildman–Crippen MR) is 109 cm³/mol. The van der Waals surface area contributed by atoms with Crippen LogP contribution >= 0.6 is 0 Å². The normalized spacial score (nSPS) is 18.0. The van der Waals surface area contributed by atoms with E-state index in [1.807, 2.05) is 0 Å². The number of likely N-dealkylation sites (N-methyl/N-ethyl adjacent to an activating group) is 1. The molecule has 1 aromatic carbocycles. The molecular weight excluding hydrogens is 342 g/mol. The van der Waals surface area contributed by atoms with Crippen molar-refractivity contribution in [1.29, 1.82) is 0 Å². The summed E-state index contributed by atoms with van der Waals surface area (Å²) >= 11 is 0. The lowest BCUT2D eigenvalue weighted by molar-refractivity contribution is 0.132. The lowest BCUT2D eigenvalue weighted by Gasteiger charge is -2.43. The van der Waals surface area contributed by atoms with E-state index < -0.39 is 0 Å². The highest BCUT2D eigenvalue weighted by Gasteiger charge is 2.36. The average molecular weight is 378 g/mol. The number of urea groups is 1. The van der Waals surface area contributed by atoms with Crippen molar-refractivity contribution in [3.05, 3.63) is 23.3 Å². The van der Waals surface area contributed by atoms with Crippen LogP contribution in [0.15, 0.2) is 12.1 Å². The Bertz CT molecular complexity index is 633. The first-order valence-electron chi connectivity index (χ1n) is 9.99. The van der Waals surface area contributed by atoms with E-state index in [4.69, 9.17) is 9.47 Å². The molecule has 2 amide bonds. The van der Waals surface area contributed by atoms with Gasteiger partial charge in [-0.15, -0.1) is 0 Å². The molecule has 0 bridgehead atoms. The molecule has 0 saturated heterocycles. The van der Waals surface area contributed by atoms with Crippen LogP contribution in [0.5, 0.6) is 11.5 Å². The van der Waals surface area contributed by atoms with Gasteiger partial charge in [0.2, 0.25) is 0 Å². The Hall–Kier alpha value is -1.95. The number of fused-ring (bicyclic) bond motifs is 1. The first kappa shape index (κ1) is 21.4. The zero-order valence-corrected chi connectivity index (χ0v) is 17.6. The Kier molecular flexibility index (Phi) is 7.78. The molecule has 27 heavy (non-hydrogen) atoms. The Labute approximate surface area is 163 Å². The van der Waals surface area contributed by atoms with Gasteiger partial charge in [-0.3, -0.25) is 4.90 Å². The minimum absolute atomic E-state index is 0.000966. The second-order valence-corrected chi connectivity index (χ2v) is 7.40. The van der Waals surface area contributed by atoms with Gasteiger partial charge in [-0.1, -0.05) is 27.7 Å². The summed E-state index contributed by atoms with van der Waals surface area (Å²) in [6, 6.07) is 4.17. The van der Waals surface area contributed by atoms with Gasteiger partial charge < -0.3 is 20.1 Å². The number of rotatable bonds is 8. The first-order valence-corrected chi connectivity index (χ1v) is 9.99. The van der Waals surface area contributed by atoms with Crippen molar-refractivity contribution in [3.63, 3.8) is 0 Å². The van der Waals surface area contributed by atoms with E-state index in [2.05, 4.69) is 55.4 Å². The van der Waals surface area contributed by atoms with E-state index in [0.29, 0.717) is 6.54 Å². The summed E-state index contributed by atoms with van der Waals surface area (Å²) in [5, 5.41) is 6.17. The highest BCUT2D eigenvalue weighted by atomic mass is 16.5. The Balaban J connectivity index is 2.43. The molecule has 0 saturated carbocycles. The molecule has 2 N–H and O–H groups in total. The lowest BCUT2D eigenvalue weighted by Crippen LogP contribution is -2.53. The largest absolute Gasteiger partial charge is 0.493 e. The van der Waals surface area contributed by atoms with Crippen LogP contribution in [-0.2, 0) is 6.42 Å². The molecule has 2 atom stereocenters. The van der Waals surface area contributed by atoms with Crippen LogP contribution in [0.4, 0.5) is 4.79 Å². The fourth-order valence-electron chi connectivity index (χ4n) is 3.85. The fourth-order valence-corrected chi connectivity index (χ4v) is 3.85. The number of benzene rings is 1. The number of methoxy groups -OCH3 is 2. The molecule has 2 rings (SSSR count). The van der Waals surface area contributed by atoms with Gasteiger partial charge in [0.25, 0.3) is 0 Å². The van der Waals surface area contributed by atoms with E-state index >= 15 is 0 Å². The van der Waals surface area contributed by atoms with E-state index in [1.165, 1.54) is 11.1 Å². The molecule has 1 aromatic rings. The zero-order chi connectivity index (χ0) is 20.0. The lowest BCUT2D eigenvalue weighted by atomic mass is 9.83. The van der Waals surface area contributed by atoms with Gasteiger partial charge >= 0.3 is 6.03 Å². The summed E-state index contributed by atoms with van der Waals surface area (Å²) in [6.07, 6.45) is 1.89. The topological polar surface area (TPSA) is 62.8 Å². The summed E-state index contributed by atoms with van der Waals surface area (Å²) in [5.74, 6) is 1.78. The van der Waals surface area contributed by atoms with Crippen LogP contribution in [0.25, 0.3) is 0 Å². The smallest absolute Gasteiger partial charge is 0.315 e. The minimum Gasteiger partial charge on any atom is -0.493 e. The van der Waals surface area contributed by atoms with Crippen LogP contribution in [-0.4, -0.2) is 50.8 Å². The van der Waals surface area contributed by atoms with Crippen LogP contribution < -0.4 is 20.1 Å². The maximum absolute atomic E-state index is 12.4. The van der Waals surface area contributed by atoms with Crippen molar-refractivity contribution >= 4 is 6.03 Å². The monoisotopic (exact) mass is 377 g/mol. The number of carbonyl (C=O) groups excluding carboxylic acids is 1. The van der Waals surface area contributed by atoms with Crippen molar-refractivity contribution in [1.82, 2.24) is 15.5 Å². The van der Waals surface area contributed by atoms with Gasteiger partial charge in [0.05, 0.1) is 26.3 Å². The molecule has 0 spiro atoms. The van der Waals surface area contributed by atoms with E-state index in [0.717, 1.165) is 37.4 Å². The predicted octanol–water partition coefficient (Wildman–Crippen LogP) is 3.36. The molecular formula is C21H35N3O3. The standard InChI is InChI=1S/C21H35N3O3/c1-7-10-22-21(25)23-19(14(3)4)20-16-13-18(27-6)17(26-5)12-15(16)9-11-24(20)8-2/h12-14,19-20H,7-11H2,1-6H3,(H2,22,23,25). The molecule has 0 aliphatic carbocycles. The van der Waals surface area contributed by atoms with E-state index in [1.54, 1.807) is 14.2 Å². The van der Waals surface area contributed by atoms with Gasteiger partial charge in [-0.2, -0.15) is 0 Å². The number of ether oxygens (including phenoxy) is 2. The van der Waals surface area contributed by atoms with Crippen molar-refractivity contribution in [2.75, 3.05) is 33.9 Å². The molecule has 0 aromatic heterocycles. The summed E-state index contributed by atoms with van der Waals surface area (Å²) in [6.45, 7) is 11.1. The van der Waals surface area contributed by atoms with Crippen molar-refractivity contribution in [2.24, 2.45) is 5.92 Å². The number of amides is 2. The zero-order valence-electron chi connectivity index (χ0n) is 17.6. The third kappa shape index (κ3) is 4.86. The summed E-state index contributed by atoms with van der Waals surface area (Å²) in [5.41, 5.74) is 2.49. The van der Waals surface area contributed by atoms with Crippen molar-refractivity contribution in [3.8, 4) is 11.5 Å². The van der Waals surface area contributed by atoms with Gasteiger partial charge in [-0.25, -0.2) is 4.79 Å². The summed E-state index contributed by atoms with van der Waals surface area (Å²) in [4.78, 5) is 14.8. The van der Waals surface area contributed by atoms with Crippen LogP contribution in [0.2, 0.25) is 0 Å². The SMILES string of the molecule is CCCNC(=O)NC(C(C)C)C1c2cc(OC)c(OC)cc2CCN1CC. The Morgan fingerprint density at radius 3 is 2.44 bits per heavy atom. The fraction of sp³-hybridized carbons (Fsp3) is 0.667. The molecule has 152 valence electrons. The van der Waals surface area contributed by atoms with Gasteiger partial charge in [0.15, 0.2) is 11.5 Å². The second kappa shape index (κ2) is 9.83. The van der Waals surface area contributed by atoms with Crippen molar-refractivity contribution < 1.29 is 14.3 Å². The maximum Gasteiger partial charge on any atom is 0.315 e. The Morgan fingerprint density at radius 1 is 1.22 bits per heavy atom.